The Labute approximate surface area is 127 Å². The van der Waals surface area contributed by atoms with E-state index < -0.39 is 10.0 Å². The Hall–Kier alpha value is -0.930. The molecule has 2 rings (SSSR count). The molecule has 20 heavy (non-hydrogen) atoms. The van der Waals surface area contributed by atoms with Crippen LogP contribution in [-0.4, -0.2) is 55.1 Å². The van der Waals surface area contributed by atoms with Gasteiger partial charge in [-0.25, -0.2) is 17.7 Å². The number of aromatic nitrogens is 2. The van der Waals surface area contributed by atoms with Gasteiger partial charge in [0, 0.05) is 38.8 Å². The third-order valence-corrected chi connectivity index (χ3v) is 5.61. The van der Waals surface area contributed by atoms with E-state index in [-0.39, 0.29) is 5.75 Å². The average molecular weight is 364 g/mol. The molecule has 1 fully saturated rings. The Morgan fingerprint density at radius 2 is 2.20 bits per heavy atom. The first-order valence-electron chi connectivity index (χ1n) is 6.38. The number of sulfonamides is 1. The minimum Gasteiger partial charge on any atom is -0.372 e. The van der Waals surface area contributed by atoms with Crippen LogP contribution >= 0.6 is 15.9 Å². The summed E-state index contributed by atoms with van der Waals surface area (Å²) in [5.74, 6) is 1.72. The monoisotopic (exact) mass is 363 g/mol. The van der Waals surface area contributed by atoms with Gasteiger partial charge in [0.15, 0.2) is 0 Å². The average Bonchev–Trinajstić information content (AvgIpc) is 2.38. The van der Waals surface area contributed by atoms with Gasteiger partial charge >= 0.3 is 0 Å². The number of anilines is 2. The highest BCUT2D eigenvalue weighted by atomic mass is 79.9. The quantitative estimate of drug-likeness (QED) is 0.782. The molecule has 0 amide bonds. The number of halogens is 1. The van der Waals surface area contributed by atoms with E-state index >= 15 is 0 Å². The molecule has 0 bridgehead atoms. The summed E-state index contributed by atoms with van der Waals surface area (Å²) in [5.41, 5.74) is 0. The lowest BCUT2D eigenvalue weighted by Crippen LogP contribution is -2.52. The van der Waals surface area contributed by atoms with Crippen LogP contribution < -0.4 is 10.6 Å². The lowest BCUT2D eigenvalue weighted by Gasteiger charge is -2.37. The van der Waals surface area contributed by atoms with Crippen molar-refractivity contribution in [1.29, 1.82) is 0 Å². The van der Waals surface area contributed by atoms with Crippen molar-refractivity contribution in [3.05, 3.63) is 10.7 Å². The molecule has 0 aromatic carbocycles. The molecule has 1 aliphatic heterocycles. The molecule has 1 aliphatic rings. The molecule has 2 N–H and O–H groups in total. The van der Waals surface area contributed by atoms with Crippen LogP contribution in [0.15, 0.2) is 10.7 Å². The number of nitrogens with one attached hydrogen (secondary N) is 2. The highest BCUT2D eigenvalue weighted by molar-refractivity contribution is 9.10. The second-order valence-electron chi connectivity index (χ2n) is 4.60. The Balaban J connectivity index is 1.83. The molecule has 0 atom stereocenters. The fourth-order valence-electron chi connectivity index (χ4n) is 1.92. The summed E-state index contributed by atoms with van der Waals surface area (Å²) in [6, 6.07) is 0. The molecular formula is C11H18BrN5O2S. The van der Waals surface area contributed by atoms with E-state index in [1.165, 1.54) is 4.31 Å². The molecular weight excluding hydrogens is 346 g/mol. The van der Waals surface area contributed by atoms with Gasteiger partial charge in [0.2, 0.25) is 16.0 Å². The molecule has 1 saturated heterocycles. The zero-order chi connectivity index (χ0) is 14.8. The van der Waals surface area contributed by atoms with Crippen LogP contribution in [0.1, 0.15) is 6.92 Å². The van der Waals surface area contributed by atoms with Gasteiger partial charge in [0.1, 0.15) is 5.82 Å². The van der Waals surface area contributed by atoms with E-state index in [1.54, 1.807) is 20.2 Å². The Bertz CT molecular complexity index is 574. The van der Waals surface area contributed by atoms with E-state index in [0.717, 1.165) is 4.47 Å². The highest BCUT2D eigenvalue weighted by Crippen LogP contribution is 2.22. The van der Waals surface area contributed by atoms with Gasteiger partial charge in [-0.1, -0.05) is 0 Å². The SMILES string of the molecule is CCS(=O)(=O)N1CC(CNc2ncc(Br)c(NC)n2)C1. The molecule has 0 unspecified atom stereocenters. The van der Waals surface area contributed by atoms with Crippen molar-refractivity contribution >= 4 is 37.7 Å². The first kappa shape index (κ1) is 15.5. The summed E-state index contributed by atoms with van der Waals surface area (Å²) in [5, 5.41) is 6.09. The molecule has 2 heterocycles. The second kappa shape index (κ2) is 6.23. The fourth-order valence-corrected chi connectivity index (χ4v) is 3.55. The molecule has 7 nitrogen and oxygen atoms in total. The van der Waals surface area contributed by atoms with Crippen molar-refractivity contribution in [1.82, 2.24) is 14.3 Å². The third kappa shape index (κ3) is 3.39. The largest absolute Gasteiger partial charge is 0.372 e. The van der Waals surface area contributed by atoms with Crippen LogP contribution in [0, 0.1) is 5.92 Å². The minimum absolute atomic E-state index is 0.161. The summed E-state index contributed by atoms with van der Waals surface area (Å²) < 4.78 is 25.5. The summed E-state index contributed by atoms with van der Waals surface area (Å²) >= 11 is 3.34. The van der Waals surface area contributed by atoms with Crippen molar-refractivity contribution in [2.75, 3.05) is 43.1 Å². The molecule has 0 radical (unpaired) electrons. The summed E-state index contributed by atoms with van der Waals surface area (Å²) in [6.45, 7) is 3.47. The Kier molecular flexibility index (Phi) is 4.82. The summed E-state index contributed by atoms with van der Waals surface area (Å²) in [7, 11) is -1.25. The molecule has 0 saturated carbocycles. The van der Waals surface area contributed by atoms with Crippen molar-refractivity contribution in [2.45, 2.75) is 6.92 Å². The van der Waals surface area contributed by atoms with Gasteiger partial charge in [0.25, 0.3) is 0 Å². The van der Waals surface area contributed by atoms with Crippen molar-refractivity contribution in [3.8, 4) is 0 Å². The smallest absolute Gasteiger partial charge is 0.224 e. The maximum absolute atomic E-state index is 11.6. The van der Waals surface area contributed by atoms with Crippen LogP contribution in [-0.2, 0) is 10.0 Å². The van der Waals surface area contributed by atoms with Crippen molar-refractivity contribution in [2.24, 2.45) is 5.92 Å². The van der Waals surface area contributed by atoms with E-state index in [9.17, 15) is 8.42 Å². The lowest BCUT2D eigenvalue weighted by molar-refractivity contribution is 0.211. The Morgan fingerprint density at radius 1 is 1.50 bits per heavy atom. The van der Waals surface area contributed by atoms with Crippen molar-refractivity contribution < 1.29 is 8.42 Å². The maximum atomic E-state index is 11.6. The van der Waals surface area contributed by atoms with E-state index in [2.05, 4.69) is 36.5 Å². The normalized spacial score (nSPS) is 16.8. The van der Waals surface area contributed by atoms with Crippen molar-refractivity contribution in [3.63, 3.8) is 0 Å². The van der Waals surface area contributed by atoms with Crippen LogP contribution in [0.25, 0.3) is 0 Å². The predicted molar refractivity (Wildman–Crippen MR) is 82.3 cm³/mol. The zero-order valence-electron chi connectivity index (χ0n) is 11.4. The predicted octanol–water partition coefficient (Wildman–Crippen LogP) is 0.974. The number of hydrogen-bond donors (Lipinski definition) is 2. The van der Waals surface area contributed by atoms with Gasteiger partial charge in [0.05, 0.1) is 10.2 Å². The number of nitrogens with zero attached hydrogens (tertiary/aromatic N) is 3. The van der Waals surface area contributed by atoms with Crippen LogP contribution in [0.4, 0.5) is 11.8 Å². The number of rotatable bonds is 6. The lowest BCUT2D eigenvalue weighted by atomic mass is 10.0. The van der Waals surface area contributed by atoms with E-state index in [0.29, 0.717) is 37.3 Å². The molecule has 112 valence electrons. The third-order valence-electron chi connectivity index (χ3n) is 3.21. The van der Waals surface area contributed by atoms with E-state index in [1.807, 2.05) is 0 Å². The second-order valence-corrected chi connectivity index (χ2v) is 7.72. The highest BCUT2D eigenvalue weighted by Gasteiger charge is 2.34. The molecule has 0 spiro atoms. The standard InChI is InChI=1S/C11H18BrN5O2S/c1-3-20(18,19)17-6-8(7-17)4-14-11-15-5-9(12)10(13-2)16-11/h5,8H,3-4,6-7H2,1-2H3,(H2,13,14,15,16). The Morgan fingerprint density at radius 3 is 2.80 bits per heavy atom. The fraction of sp³-hybridized carbons (Fsp3) is 0.636. The molecule has 1 aromatic heterocycles. The van der Waals surface area contributed by atoms with Crippen LogP contribution in [0.5, 0.6) is 0 Å². The first-order chi connectivity index (χ1) is 9.46. The summed E-state index contributed by atoms with van der Waals surface area (Å²) in [6.07, 6.45) is 1.68. The summed E-state index contributed by atoms with van der Waals surface area (Å²) in [4.78, 5) is 8.45. The maximum Gasteiger partial charge on any atom is 0.224 e. The van der Waals surface area contributed by atoms with Gasteiger partial charge in [-0.2, -0.15) is 4.98 Å². The zero-order valence-corrected chi connectivity index (χ0v) is 13.8. The van der Waals surface area contributed by atoms with Crippen LogP contribution in [0.3, 0.4) is 0 Å². The van der Waals surface area contributed by atoms with Crippen LogP contribution in [0.2, 0.25) is 0 Å². The minimum atomic E-state index is -3.04. The van der Waals surface area contributed by atoms with Gasteiger partial charge < -0.3 is 10.6 Å². The van der Waals surface area contributed by atoms with Gasteiger partial charge in [-0.05, 0) is 22.9 Å². The van der Waals surface area contributed by atoms with Gasteiger partial charge in [-0.3, -0.25) is 0 Å². The first-order valence-corrected chi connectivity index (χ1v) is 8.78. The molecule has 1 aromatic rings. The molecule has 9 heteroatoms. The van der Waals surface area contributed by atoms with Gasteiger partial charge in [-0.15, -0.1) is 0 Å². The molecule has 0 aliphatic carbocycles. The number of hydrogen-bond acceptors (Lipinski definition) is 6. The topological polar surface area (TPSA) is 87.2 Å². The van der Waals surface area contributed by atoms with E-state index in [4.69, 9.17) is 0 Å².